The van der Waals surface area contributed by atoms with Crippen LogP contribution in [0, 0.1) is 18.3 Å². The third-order valence-corrected chi connectivity index (χ3v) is 2.98. The van der Waals surface area contributed by atoms with Crippen molar-refractivity contribution in [2.24, 2.45) is 0 Å². The average Bonchev–Trinajstić information content (AvgIpc) is 2.36. The molecule has 0 aliphatic carbocycles. The molecule has 0 spiro atoms. The van der Waals surface area contributed by atoms with Crippen LogP contribution in [-0.2, 0) is 0 Å². The number of para-hydroxylation sites is 1. The van der Waals surface area contributed by atoms with Gasteiger partial charge in [-0.25, -0.2) is 0 Å². The third-order valence-electron chi connectivity index (χ3n) is 2.66. The largest absolute Gasteiger partial charge is 0.397 e. The van der Waals surface area contributed by atoms with Crippen LogP contribution >= 0.6 is 11.6 Å². The van der Waals surface area contributed by atoms with E-state index in [4.69, 9.17) is 22.6 Å². The summed E-state index contributed by atoms with van der Waals surface area (Å²) in [5.74, 6) is 0. The van der Waals surface area contributed by atoms with Gasteiger partial charge in [-0.1, -0.05) is 23.7 Å². The van der Waals surface area contributed by atoms with Crippen molar-refractivity contribution in [3.8, 4) is 6.07 Å². The molecule has 18 heavy (non-hydrogen) atoms. The van der Waals surface area contributed by atoms with Crippen LogP contribution in [-0.4, -0.2) is 0 Å². The minimum absolute atomic E-state index is 0.552. The van der Waals surface area contributed by atoms with Crippen LogP contribution in [0.4, 0.5) is 17.1 Å². The summed E-state index contributed by atoms with van der Waals surface area (Å²) in [6.07, 6.45) is 0. The zero-order valence-electron chi connectivity index (χ0n) is 9.87. The molecule has 3 nitrogen and oxygen atoms in total. The van der Waals surface area contributed by atoms with Gasteiger partial charge in [-0.15, -0.1) is 0 Å². The summed E-state index contributed by atoms with van der Waals surface area (Å²) in [4.78, 5) is 0. The molecule has 0 atom stereocenters. The first kappa shape index (κ1) is 12.3. The van der Waals surface area contributed by atoms with Gasteiger partial charge in [-0.3, -0.25) is 0 Å². The number of rotatable bonds is 2. The molecule has 0 saturated carbocycles. The molecule has 0 aliphatic rings. The van der Waals surface area contributed by atoms with E-state index in [1.165, 1.54) is 0 Å². The van der Waals surface area contributed by atoms with E-state index in [-0.39, 0.29) is 0 Å². The molecule has 0 fully saturated rings. The highest BCUT2D eigenvalue weighted by Gasteiger charge is 2.07. The lowest BCUT2D eigenvalue weighted by Crippen LogP contribution is -1.99. The van der Waals surface area contributed by atoms with E-state index in [1.807, 2.05) is 19.1 Å². The average molecular weight is 258 g/mol. The standard InChI is InChI=1S/C14H12ClN3/c1-9-3-2-4-11(15)14(9)18-13-7-10(8-16)5-6-12(13)17/h2-7,18H,17H2,1H3. The smallest absolute Gasteiger partial charge is 0.0992 e. The van der Waals surface area contributed by atoms with Gasteiger partial charge in [0, 0.05) is 0 Å². The second-order valence-corrected chi connectivity index (χ2v) is 4.38. The maximum absolute atomic E-state index is 8.88. The van der Waals surface area contributed by atoms with E-state index < -0.39 is 0 Å². The SMILES string of the molecule is Cc1cccc(Cl)c1Nc1cc(C#N)ccc1N. The number of nitrogens with zero attached hydrogens (tertiary/aromatic N) is 1. The number of anilines is 3. The second kappa shape index (κ2) is 4.99. The molecule has 3 N–H and O–H groups in total. The molecule has 2 rings (SSSR count). The molecular weight excluding hydrogens is 246 g/mol. The number of nitrogens with two attached hydrogens (primary N) is 1. The van der Waals surface area contributed by atoms with E-state index in [2.05, 4.69) is 11.4 Å². The molecule has 0 bridgehead atoms. The highest BCUT2D eigenvalue weighted by molar-refractivity contribution is 6.33. The Morgan fingerprint density at radius 1 is 1.28 bits per heavy atom. The van der Waals surface area contributed by atoms with Crippen LogP contribution in [0.3, 0.4) is 0 Å². The fourth-order valence-electron chi connectivity index (χ4n) is 1.66. The number of nitrogen functional groups attached to an aromatic ring is 1. The summed E-state index contributed by atoms with van der Waals surface area (Å²) >= 11 is 6.14. The first-order chi connectivity index (χ1) is 8.61. The van der Waals surface area contributed by atoms with Crippen molar-refractivity contribution in [3.63, 3.8) is 0 Å². The number of benzene rings is 2. The summed E-state index contributed by atoms with van der Waals surface area (Å²) in [6.45, 7) is 1.96. The molecule has 0 unspecified atom stereocenters. The molecule has 0 amide bonds. The predicted octanol–water partition coefficient (Wildman–Crippen LogP) is 3.85. The molecule has 90 valence electrons. The molecule has 2 aromatic carbocycles. The summed E-state index contributed by atoms with van der Waals surface area (Å²) in [7, 11) is 0. The van der Waals surface area contributed by atoms with Crippen molar-refractivity contribution in [1.29, 1.82) is 5.26 Å². The Labute approximate surface area is 111 Å². The number of hydrogen-bond acceptors (Lipinski definition) is 3. The minimum atomic E-state index is 0.552. The number of halogens is 1. The van der Waals surface area contributed by atoms with Crippen molar-refractivity contribution >= 4 is 28.7 Å². The maximum Gasteiger partial charge on any atom is 0.0992 e. The second-order valence-electron chi connectivity index (χ2n) is 3.97. The van der Waals surface area contributed by atoms with Crippen molar-refractivity contribution in [2.45, 2.75) is 6.92 Å². The number of nitrogens with one attached hydrogen (secondary N) is 1. The first-order valence-corrected chi connectivity index (χ1v) is 5.81. The third kappa shape index (κ3) is 2.39. The van der Waals surface area contributed by atoms with Gasteiger partial charge in [0.1, 0.15) is 0 Å². The fourth-order valence-corrected chi connectivity index (χ4v) is 1.93. The molecule has 0 aliphatic heterocycles. The van der Waals surface area contributed by atoms with Crippen molar-refractivity contribution in [1.82, 2.24) is 0 Å². The lowest BCUT2D eigenvalue weighted by Gasteiger charge is -2.13. The Hall–Kier alpha value is -2.18. The van der Waals surface area contributed by atoms with Crippen molar-refractivity contribution in [2.75, 3.05) is 11.1 Å². The van der Waals surface area contributed by atoms with E-state index in [0.29, 0.717) is 22.0 Å². The molecule has 0 saturated heterocycles. The first-order valence-electron chi connectivity index (χ1n) is 5.43. The van der Waals surface area contributed by atoms with E-state index in [1.54, 1.807) is 24.3 Å². The molecule has 0 heterocycles. The van der Waals surface area contributed by atoms with Gasteiger partial charge in [0.2, 0.25) is 0 Å². The van der Waals surface area contributed by atoms with Crippen LogP contribution in [0.2, 0.25) is 5.02 Å². The Kier molecular flexibility index (Phi) is 3.40. The normalized spacial score (nSPS) is 9.83. The summed E-state index contributed by atoms with van der Waals surface area (Å²) < 4.78 is 0. The van der Waals surface area contributed by atoms with Crippen LogP contribution in [0.1, 0.15) is 11.1 Å². The summed E-state index contributed by atoms with van der Waals surface area (Å²) in [6, 6.07) is 12.8. The molecule has 0 radical (unpaired) electrons. The van der Waals surface area contributed by atoms with Crippen LogP contribution in [0.15, 0.2) is 36.4 Å². The number of aryl methyl sites for hydroxylation is 1. The van der Waals surface area contributed by atoms with Crippen molar-refractivity contribution in [3.05, 3.63) is 52.5 Å². The highest BCUT2D eigenvalue weighted by atomic mass is 35.5. The van der Waals surface area contributed by atoms with Crippen LogP contribution < -0.4 is 11.1 Å². The van der Waals surface area contributed by atoms with E-state index >= 15 is 0 Å². The Morgan fingerprint density at radius 3 is 2.72 bits per heavy atom. The van der Waals surface area contributed by atoms with E-state index in [0.717, 1.165) is 11.3 Å². The molecular formula is C14H12ClN3. The molecule has 2 aromatic rings. The van der Waals surface area contributed by atoms with Gasteiger partial charge >= 0.3 is 0 Å². The Balaban J connectivity index is 2.43. The number of nitriles is 1. The Bertz CT molecular complexity index is 609. The van der Waals surface area contributed by atoms with Gasteiger partial charge in [0.25, 0.3) is 0 Å². The van der Waals surface area contributed by atoms with Gasteiger partial charge in [0.15, 0.2) is 0 Å². The van der Waals surface area contributed by atoms with Gasteiger partial charge in [-0.05, 0) is 36.8 Å². The fraction of sp³-hybridized carbons (Fsp3) is 0.0714. The summed E-state index contributed by atoms with van der Waals surface area (Å²) in [5, 5.41) is 12.7. The number of hydrogen-bond donors (Lipinski definition) is 2. The highest BCUT2D eigenvalue weighted by Crippen LogP contribution is 2.31. The zero-order chi connectivity index (χ0) is 13.1. The van der Waals surface area contributed by atoms with Crippen LogP contribution in [0.5, 0.6) is 0 Å². The monoisotopic (exact) mass is 257 g/mol. The molecule has 4 heteroatoms. The van der Waals surface area contributed by atoms with Crippen molar-refractivity contribution < 1.29 is 0 Å². The van der Waals surface area contributed by atoms with Gasteiger partial charge in [-0.2, -0.15) is 5.26 Å². The maximum atomic E-state index is 8.88. The zero-order valence-corrected chi connectivity index (χ0v) is 10.6. The minimum Gasteiger partial charge on any atom is -0.397 e. The quantitative estimate of drug-likeness (QED) is 0.804. The lowest BCUT2D eigenvalue weighted by molar-refractivity contribution is 1.42. The summed E-state index contributed by atoms with van der Waals surface area (Å²) in [5.41, 5.74) is 9.52. The topological polar surface area (TPSA) is 61.8 Å². The van der Waals surface area contributed by atoms with E-state index in [9.17, 15) is 0 Å². The Morgan fingerprint density at radius 2 is 2.06 bits per heavy atom. The lowest BCUT2D eigenvalue weighted by atomic mass is 10.1. The van der Waals surface area contributed by atoms with Gasteiger partial charge in [0.05, 0.1) is 33.7 Å². The predicted molar refractivity (Wildman–Crippen MR) is 75.0 cm³/mol. The van der Waals surface area contributed by atoms with Gasteiger partial charge < -0.3 is 11.1 Å². The van der Waals surface area contributed by atoms with Crippen LogP contribution in [0.25, 0.3) is 0 Å². The molecule has 0 aromatic heterocycles.